The van der Waals surface area contributed by atoms with Gasteiger partial charge in [-0.15, -0.1) is 4.52 Å². The second-order valence-electron chi connectivity index (χ2n) is 7.54. The Hall–Kier alpha value is -0.426. The summed E-state index contributed by atoms with van der Waals surface area (Å²) in [5.41, 5.74) is 1.32. The molecule has 2 atom stereocenters. The van der Waals surface area contributed by atoms with Gasteiger partial charge >= 0.3 is 8.25 Å². The van der Waals surface area contributed by atoms with Crippen LogP contribution in [-0.2, 0) is 32.0 Å². The van der Waals surface area contributed by atoms with Gasteiger partial charge in [0.25, 0.3) is 0 Å². The summed E-state index contributed by atoms with van der Waals surface area (Å²) in [6.07, 6.45) is 15.0. The third-order valence-electron chi connectivity index (χ3n) is 5.13. The fourth-order valence-corrected chi connectivity index (χ4v) is 3.86. The van der Waals surface area contributed by atoms with Gasteiger partial charge in [-0.3, -0.25) is 0 Å². The first-order chi connectivity index (χ1) is 13.2. The van der Waals surface area contributed by atoms with Crippen LogP contribution in [0.25, 0.3) is 0 Å². The number of rotatable bonds is 17. The third kappa shape index (κ3) is 13.7. The van der Waals surface area contributed by atoms with Crippen LogP contribution in [0.1, 0.15) is 97.0 Å². The first-order valence-electron chi connectivity index (χ1n) is 11.1. The molecule has 0 aromatic heterocycles. The van der Waals surface area contributed by atoms with Gasteiger partial charge in [0.2, 0.25) is 0 Å². The Morgan fingerprint density at radius 1 is 0.857 bits per heavy atom. The van der Waals surface area contributed by atoms with Gasteiger partial charge in [0.05, 0.1) is 0 Å². The molecule has 2 unspecified atom stereocenters. The Bertz CT molecular complexity index is 493. The van der Waals surface area contributed by atoms with Gasteiger partial charge < -0.3 is 0 Å². The first-order valence-corrected chi connectivity index (χ1v) is 12.2. The summed E-state index contributed by atoms with van der Waals surface area (Å²) in [4.78, 5) is 0. The third-order valence-corrected chi connectivity index (χ3v) is 5.85. The molecule has 1 aromatic carbocycles. The Kier molecular flexibility index (Phi) is 18.3. The number of hydrogen-bond donors (Lipinski definition) is 0. The number of aryl methyl sites for hydroxylation is 1. The molecular formula is C23H40NiO3P+. The normalized spacial score (nSPS) is 12.3. The first kappa shape index (κ1) is 27.6. The van der Waals surface area contributed by atoms with Gasteiger partial charge in [-0.05, 0) is 42.9 Å². The zero-order valence-corrected chi connectivity index (χ0v) is 19.9. The number of benzene rings is 1. The van der Waals surface area contributed by atoms with Gasteiger partial charge in [-0.1, -0.05) is 90.7 Å². The van der Waals surface area contributed by atoms with Crippen molar-refractivity contribution in [2.24, 2.45) is 5.92 Å². The Morgan fingerprint density at radius 2 is 1.46 bits per heavy atom. The monoisotopic (exact) mass is 453 g/mol. The zero-order chi connectivity index (χ0) is 19.7. The summed E-state index contributed by atoms with van der Waals surface area (Å²) in [6, 6.07) is 7.96. The van der Waals surface area contributed by atoms with Crippen molar-refractivity contribution in [3.05, 3.63) is 29.8 Å². The van der Waals surface area contributed by atoms with Gasteiger partial charge in [-0.2, -0.15) is 0 Å². The number of hydrogen-bond acceptors (Lipinski definition) is 3. The quantitative estimate of drug-likeness (QED) is 0.135. The fourth-order valence-electron chi connectivity index (χ4n) is 3.18. The molecule has 3 nitrogen and oxygen atoms in total. The van der Waals surface area contributed by atoms with E-state index in [4.69, 9.17) is 9.05 Å². The van der Waals surface area contributed by atoms with Crippen LogP contribution in [0.3, 0.4) is 0 Å². The molecule has 0 spiro atoms. The van der Waals surface area contributed by atoms with E-state index in [9.17, 15) is 4.57 Å². The maximum atomic E-state index is 12.0. The minimum atomic E-state index is -2.09. The van der Waals surface area contributed by atoms with E-state index in [0.717, 1.165) is 19.3 Å². The average molecular weight is 454 g/mol. The van der Waals surface area contributed by atoms with Crippen LogP contribution in [0.15, 0.2) is 24.3 Å². The summed E-state index contributed by atoms with van der Waals surface area (Å²) in [6.45, 7) is 7.11. The standard InChI is InChI=1S/C23H40O3P.Ni/c1-4-7-9-10-11-12-13-15-22-16-18-23(19-17-22)26-27(24)25-20-21(6-3)14-8-5-2;/h16-19,21H,4-15,20H2,1-3H3;/q+1;. The maximum Gasteiger partial charge on any atom is 0.750 e. The van der Waals surface area contributed by atoms with Crippen molar-refractivity contribution in [3.63, 3.8) is 0 Å². The van der Waals surface area contributed by atoms with Crippen LogP contribution in [-0.4, -0.2) is 6.61 Å². The molecule has 0 heterocycles. The smallest absolute Gasteiger partial charge is 0.229 e. The van der Waals surface area contributed by atoms with Crippen molar-refractivity contribution in [1.29, 1.82) is 0 Å². The topological polar surface area (TPSA) is 35.5 Å². The summed E-state index contributed by atoms with van der Waals surface area (Å²) in [5.74, 6) is 1.10. The molecule has 0 amide bonds. The molecule has 0 aliphatic carbocycles. The predicted octanol–water partition coefficient (Wildman–Crippen LogP) is 8.25. The molecule has 0 radical (unpaired) electrons. The van der Waals surface area contributed by atoms with Crippen LogP contribution in [0.4, 0.5) is 0 Å². The van der Waals surface area contributed by atoms with Crippen LogP contribution in [0.5, 0.6) is 5.75 Å². The van der Waals surface area contributed by atoms with E-state index >= 15 is 0 Å². The van der Waals surface area contributed by atoms with Crippen LogP contribution in [0, 0.1) is 5.92 Å². The molecule has 5 heteroatoms. The molecule has 0 saturated heterocycles. The van der Waals surface area contributed by atoms with E-state index in [1.165, 1.54) is 63.4 Å². The molecule has 0 fully saturated rings. The average Bonchev–Trinajstić information content (AvgIpc) is 2.68. The number of unbranched alkanes of at least 4 members (excludes halogenated alkanes) is 7. The maximum absolute atomic E-state index is 12.0. The molecule has 164 valence electrons. The van der Waals surface area contributed by atoms with Gasteiger partial charge in [0, 0.05) is 21.1 Å². The van der Waals surface area contributed by atoms with E-state index < -0.39 is 8.25 Å². The largest absolute Gasteiger partial charge is 0.750 e. The molecule has 0 aliphatic rings. The fraction of sp³-hybridized carbons (Fsp3) is 0.739. The Morgan fingerprint density at radius 3 is 2.07 bits per heavy atom. The minimum absolute atomic E-state index is 0. The van der Waals surface area contributed by atoms with E-state index in [1.54, 1.807) is 0 Å². The van der Waals surface area contributed by atoms with Crippen LogP contribution >= 0.6 is 8.25 Å². The van der Waals surface area contributed by atoms with E-state index in [-0.39, 0.29) is 16.5 Å². The van der Waals surface area contributed by atoms with Crippen molar-refractivity contribution < 1.29 is 30.1 Å². The molecule has 0 N–H and O–H groups in total. The van der Waals surface area contributed by atoms with E-state index in [2.05, 4.69) is 32.9 Å². The predicted molar refractivity (Wildman–Crippen MR) is 116 cm³/mol. The molecular weight excluding hydrogens is 414 g/mol. The summed E-state index contributed by atoms with van der Waals surface area (Å²) in [5, 5.41) is 0. The van der Waals surface area contributed by atoms with Crippen molar-refractivity contribution in [2.75, 3.05) is 6.61 Å². The van der Waals surface area contributed by atoms with Crippen molar-refractivity contribution in [3.8, 4) is 5.75 Å². The van der Waals surface area contributed by atoms with E-state index in [0.29, 0.717) is 18.3 Å². The molecule has 0 aliphatic heterocycles. The summed E-state index contributed by atoms with van der Waals surface area (Å²) < 4.78 is 22.9. The van der Waals surface area contributed by atoms with Gasteiger partial charge in [-0.25, -0.2) is 4.52 Å². The minimum Gasteiger partial charge on any atom is -0.229 e. The van der Waals surface area contributed by atoms with Gasteiger partial charge in [0.15, 0.2) is 5.75 Å². The second kappa shape index (κ2) is 18.6. The Balaban J connectivity index is 0.00000729. The van der Waals surface area contributed by atoms with Crippen molar-refractivity contribution in [2.45, 2.75) is 97.8 Å². The summed E-state index contributed by atoms with van der Waals surface area (Å²) >= 11 is 0. The van der Waals surface area contributed by atoms with Crippen molar-refractivity contribution in [1.82, 2.24) is 0 Å². The van der Waals surface area contributed by atoms with Crippen molar-refractivity contribution >= 4 is 8.25 Å². The molecule has 0 bridgehead atoms. The zero-order valence-electron chi connectivity index (χ0n) is 18.1. The Labute approximate surface area is 184 Å². The van der Waals surface area contributed by atoms with Crippen LogP contribution < -0.4 is 4.52 Å². The molecule has 28 heavy (non-hydrogen) atoms. The van der Waals surface area contributed by atoms with Crippen LogP contribution in [0.2, 0.25) is 0 Å². The second-order valence-corrected chi connectivity index (χ2v) is 8.43. The SMILES string of the molecule is CCCCCCCCCc1ccc(O[P+](=O)OCC(CC)CCCC)cc1.[Ni]. The molecule has 0 saturated carbocycles. The molecule has 1 aromatic rings. The van der Waals surface area contributed by atoms with E-state index in [1.807, 2.05) is 12.1 Å². The summed E-state index contributed by atoms with van der Waals surface area (Å²) in [7, 11) is -2.09. The van der Waals surface area contributed by atoms with Gasteiger partial charge in [0.1, 0.15) is 6.61 Å². The molecule has 1 rings (SSSR count).